The van der Waals surface area contributed by atoms with Gasteiger partial charge in [-0.15, -0.1) is 0 Å². The Bertz CT molecular complexity index is 447. The topological polar surface area (TPSA) is 99.6 Å². The van der Waals surface area contributed by atoms with Crippen LogP contribution in [-0.2, 0) is 9.59 Å². The van der Waals surface area contributed by atoms with Crippen LogP contribution in [0.1, 0.15) is 12.8 Å². The third-order valence-electron chi connectivity index (χ3n) is 2.11. The summed E-state index contributed by atoms with van der Waals surface area (Å²) >= 11 is 0. The van der Waals surface area contributed by atoms with Crippen LogP contribution in [0.3, 0.4) is 0 Å². The number of carboxylic acid groups (broad SMARTS) is 1. The molecular formula is C11H13N3O4. The average molecular weight is 251 g/mol. The largest absolute Gasteiger partial charge is 0.481 e. The van der Waals surface area contributed by atoms with Crippen LogP contribution < -0.4 is 10.2 Å². The molecule has 0 atom stereocenters. The molecule has 1 aromatic rings. The highest BCUT2D eigenvalue weighted by atomic mass is 16.4. The molecule has 7 nitrogen and oxygen atoms in total. The molecule has 2 N–H and O–H groups in total. The lowest BCUT2D eigenvalue weighted by Gasteiger charge is -2.15. The summed E-state index contributed by atoms with van der Waals surface area (Å²) in [5.41, 5.74) is 0. The van der Waals surface area contributed by atoms with Gasteiger partial charge in [-0.1, -0.05) is 6.07 Å². The van der Waals surface area contributed by atoms with Crippen molar-refractivity contribution in [2.24, 2.45) is 0 Å². The molecule has 0 aliphatic rings. The molecule has 0 bridgehead atoms. The lowest BCUT2D eigenvalue weighted by Crippen LogP contribution is -2.41. The molecule has 0 aliphatic carbocycles. The summed E-state index contributed by atoms with van der Waals surface area (Å²) in [6.45, 7) is 0. The summed E-state index contributed by atoms with van der Waals surface area (Å²) in [6.07, 6.45) is 0.967. The van der Waals surface area contributed by atoms with E-state index in [4.69, 9.17) is 5.11 Å². The summed E-state index contributed by atoms with van der Waals surface area (Å²) in [5, 5.41) is 10.5. The Kier molecular flexibility index (Phi) is 4.79. The van der Waals surface area contributed by atoms with Gasteiger partial charge in [0.25, 0.3) is 0 Å². The van der Waals surface area contributed by atoms with Crippen LogP contribution in [0.2, 0.25) is 0 Å². The Morgan fingerprint density at radius 1 is 1.33 bits per heavy atom. The van der Waals surface area contributed by atoms with Crippen LogP contribution in [0.5, 0.6) is 0 Å². The number of imide groups is 1. The highest BCUT2D eigenvalue weighted by Crippen LogP contribution is 2.06. The van der Waals surface area contributed by atoms with Crippen molar-refractivity contribution in [3.63, 3.8) is 0 Å². The Morgan fingerprint density at radius 2 is 2.06 bits per heavy atom. The number of rotatable bonds is 4. The third-order valence-corrected chi connectivity index (χ3v) is 2.11. The number of pyridine rings is 1. The van der Waals surface area contributed by atoms with Crippen LogP contribution in [-0.4, -0.2) is 35.0 Å². The lowest BCUT2D eigenvalue weighted by atomic mass is 10.3. The van der Waals surface area contributed by atoms with E-state index in [0.717, 1.165) is 0 Å². The second-order valence-corrected chi connectivity index (χ2v) is 3.49. The minimum Gasteiger partial charge on any atom is -0.481 e. The van der Waals surface area contributed by atoms with E-state index in [9.17, 15) is 14.4 Å². The standard InChI is InChI=1S/C11H13N3O4/c1-14(8-4-2-3-7-12-8)11(18)13-9(15)5-6-10(16)17/h2-4,7H,5-6H2,1H3,(H,16,17)(H,13,15,18). The first-order chi connectivity index (χ1) is 8.50. The number of carboxylic acids is 1. The van der Waals surface area contributed by atoms with Gasteiger partial charge in [0.15, 0.2) is 0 Å². The molecule has 0 fully saturated rings. The van der Waals surface area contributed by atoms with E-state index in [1.54, 1.807) is 18.2 Å². The average Bonchev–Trinajstić information content (AvgIpc) is 2.36. The molecule has 0 unspecified atom stereocenters. The molecule has 0 aromatic carbocycles. The number of amides is 3. The number of urea groups is 1. The number of nitrogens with zero attached hydrogens (tertiary/aromatic N) is 2. The van der Waals surface area contributed by atoms with Crippen molar-refractivity contribution in [1.82, 2.24) is 10.3 Å². The SMILES string of the molecule is CN(C(=O)NC(=O)CCC(=O)O)c1ccccn1. The molecule has 0 radical (unpaired) electrons. The number of hydrogen-bond donors (Lipinski definition) is 2. The number of carbonyl (C=O) groups is 3. The van der Waals surface area contributed by atoms with Crippen molar-refractivity contribution in [3.8, 4) is 0 Å². The molecule has 0 saturated heterocycles. The van der Waals surface area contributed by atoms with Crippen molar-refractivity contribution in [1.29, 1.82) is 0 Å². The zero-order chi connectivity index (χ0) is 13.5. The predicted molar refractivity (Wildman–Crippen MR) is 63.0 cm³/mol. The fourth-order valence-electron chi connectivity index (χ4n) is 1.14. The zero-order valence-corrected chi connectivity index (χ0v) is 9.79. The molecular weight excluding hydrogens is 238 g/mol. The maximum absolute atomic E-state index is 11.6. The van der Waals surface area contributed by atoms with Crippen LogP contribution in [0, 0.1) is 0 Å². The van der Waals surface area contributed by atoms with Crippen LogP contribution >= 0.6 is 0 Å². The molecule has 7 heteroatoms. The summed E-state index contributed by atoms with van der Waals surface area (Å²) in [7, 11) is 1.46. The Balaban J connectivity index is 2.50. The van der Waals surface area contributed by atoms with E-state index in [1.807, 2.05) is 0 Å². The number of aliphatic carboxylic acids is 1. The van der Waals surface area contributed by atoms with Gasteiger partial charge >= 0.3 is 12.0 Å². The van der Waals surface area contributed by atoms with Gasteiger partial charge in [-0.05, 0) is 12.1 Å². The number of nitrogens with one attached hydrogen (secondary N) is 1. The van der Waals surface area contributed by atoms with Gasteiger partial charge in [-0.3, -0.25) is 19.8 Å². The van der Waals surface area contributed by atoms with E-state index >= 15 is 0 Å². The minimum absolute atomic E-state index is 0.239. The molecule has 0 spiro atoms. The monoisotopic (exact) mass is 251 g/mol. The van der Waals surface area contributed by atoms with E-state index < -0.39 is 17.9 Å². The zero-order valence-electron chi connectivity index (χ0n) is 9.79. The Hall–Kier alpha value is -2.44. The van der Waals surface area contributed by atoms with Gasteiger partial charge < -0.3 is 5.11 Å². The molecule has 1 heterocycles. The first kappa shape index (κ1) is 13.6. The fourth-order valence-corrected chi connectivity index (χ4v) is 1.14. The highest BCUT2D eigenvalue weighted by molar-refractivity contribution is 6.02. The smallest absolute Gasteiger partial charge is 0.329 e. The molecule has 18 heavy (non-hydrogen) atoms. The number of aromatic nitrogens is 1. The fraction of sp³-hybridized carbons (Fsp3) is 0.273. The van der Waals surface area contributed by atoms with Gasteiger partial charge in [-0.2, -0.15) is 0 Å². The molecule has 3 amide bonds. The van der Waals surface area contributed by atoms with Crippen molar-refractivity contribution in [2.45, 2.75) is 12.8 Å². The van der Waals surface area contributed by atoms with E-state index in [2.05, 4.69) is 10.3 Å². The quantitative estimate of drug-likeness (QED) is 0.817. The second-order valence-electron chi connectivity index (χ2n) is 3.49. The lowest BCUT2D eigenvalue weighted by molar-refractivity contribution is -0.138. The van der Waals surface area contributed by atoms with Crippen molar-refractivity contribution >= 4 is 23.7 Å². The van der Waals surface area contributed by atoms with Gasteiger partial charge in [0, 0.05) is 19.7 Å². The van der Waals surface area contributed by atoms with E-state index in [-0.39, 0.29) is 12.8 Å². The minimum atomic E-state index is -1.09. The van der Waals surface area contributed by atoms with Crippen LogP contribution in [0.25, 0.3) is 0 Å². The third kappa shape index (κ3) is 4.20. The van der Waals surface area contributed by atoms with Crippen LogP contribution in [0.15, 0.2) is 24.4 Å². The normalized spacial score (nSPS) is 9.61. The summed E-state index contributed by atoms with van der Waals surface area (Å²) in [4.78, 5) is 38.2. The van der Waals surface area contributed by atoms with Crippen molar-refractivity contribution < 1.29 is 19.5 Å². The summed E-state index contributed by atoms with van der Waals surface area (Å²) < 4.78 is 0. The first-order valence-electron chi connectivity index (χ1n) is 5.21. The summed E-state index contributed by atoms with van der Waals surface area (Å²) in [5.74, 6) is -1.33. The Morgan fingerprint density at radius 3 is 2.61 bits per heavy atom. The molecule has 1 rings (SSSR count). The number of anilines is 1. The number of carbonyl (C=O) groups excluding carboxylic acids is 2. The van der Waals surface area contributed by atoms with Gasteiger partial charge in [-0.25, -0.2) is 9.78 Å². The molecule has 1 aromatic heterocycles. The van der Waals surface area contributed by atoms with E-state index in [0.29, 0.717) is 5.82 Å². The van der Waals surface area contributed by atoms with Gasteiger partial charge in [0.2, 0.25) is 5.91 Å². The summed E-state index contributed by atoms with van der Waals surface area (Å²) in [6, 6.07) is 4.37. The molecule has 0 saturated carbocycles. The first-order valence-corrected chi connectivity index (χ1v) is 5.21. The van der Waals surface area contributed by atoms with E-state index in [1.165, 1.54) is 18.1 Å². The van der Waals surface area contributed by atoms with Gasteiger partial charge in [0.1, 0.15) is 5.82 Å². The van der Waals surface area contributed by atoms with Gasteiger partial charge in [0.05, 0.1) is 6.42 Å². The van der Waals surface area contributed by atoms with Crippen molar-refractivity contribution in [3.05, 3.63) is 24.4 Å². The second kappa shape index (κ2) is 6.33. The Labute approximate surface area is 103 Å². The maximum atomic E-state index is 11.6. The molecule has 96 valence electrons. The van der Waals surface area contributed by atoms with Crippen molar-refractivity contribution in [2.75, 3.05) is 11.9 Å². The predicted octanol–water partition coefficient (Wildman–Crippen LogP) is 0.619. The maximum Gasteiger partial charge on any atom is 0.329 e. The number of hydrogen-bond acceptors (Lipinski definition) is 4. The van der Waals surface area contributed by atoms with Crippen LogP contribution in [0.4, 0.5) is 10.6 Å². The highest BCUT2D eigenvalue weighted by Gasteiger charge is 2.15. The molecule has 0 aliphatic heterocycles.